The number of aliphatic hydroxyl groups is 1. The number of anilines is 1. The number of carbonyl (C=O) groups is 2. The van der Waals surface area contributed by atoms with Crippen molar-refractivity contribution in [1.82, 2.24) is 5.32 Å². The van der Waals surface area contributed by atoms with Crippen LogP contribution in [-0.4, -0.2) is 30.1 Å². The van der Waals surface area contributed by atoms with Crippen molar-refractivity contribution in [3.8, 4) is 0 Å². The van der Waals surface area contributed by atoms with Gasteiger partial charge in [-0.05, 0) is 30.0 Å². The molecule has 0 saturated heterocycles. The molecule has 6 heteroatoms. The van der Waals surface area contributed by atoms with Gasteiger partial charge >= 0.3 is 11.8 Å². The third kappa shape index (κ3) is 5.59. The van der Waals surface area contributed by atoms with Crippen molar-refractivity contribution in [2.24, 2.45) is 5.41 Å². The van der Waals surface area contributed by atoms with Gasteiger partial charge in [-0.2, -0.15) is 0 Å². The Bertz CT molecular complexity index is 489. The van der Waals surface area contributed by atoms with Crippen LogP contribution in [-0.2, 0) is 9.59 Å². The zero-order chi connectivity index (χ0) is 15.2. The molecule has 0 radical (unpaired) electrons. The molecular formula is C14H19ClN2O3. The molecular weight excluding hydrogens is 280 g/mol. The molecule has 0 unspecified atom stereocenters. The van der Waals surface area contributed by atoms with E-state index in [2.05, 4.69) is 10.6 Å². The van der Waals surface area contributed by atoms with Crippen molar-refractivity contribution in [3.05, 3.63) is 29.3 Å². The summed E-state index contributed by atoms with van der Waals surface area (Å²) in [5.74, 6) is -1.46. The van der Waals surface area contributed by atoms with Crippen molar-refractivity contribution in [3.63, 3.8) is 0 Å². The Labute approximate surface area is 123 Å². The van der Waals surface area contributed by atoms with Crippen LogP contribution in [0.1, 0.15) is 20.3 Å². The van der Waals surface area contributed by atoms with Crippen molar-refractivity contribution in [2.45, 2.75) is 20.3 Å². The largest absolute Gasteiger partial charge is 0.396 e. The highest BCUT2D eigenvalue weighted by molar-refractivity contribution is 6.39. The molecule has 20 heavy (non-hydrogen) atoms. The minimum Gasteiger partial charge on any atom is -0.396 e. The fraction of sp³-hybridized carbons (Fsp3) is 0.429. The number of hydrogen-bond donors (Lipinski definition) is 3. The third-order valence-electron chi connectivity index (χ3n) is 2.80. The number of rotatable bonds is 5. The number of nitrogens with one attached hydrogen (secondary N) is 2. The Hall–Kier alpha value is -1.59. The van der Waals surface area contributed by atoms with Crippen molar-refractivity contribution >= 4 is 29.1 Å². The average molecular weight is 299 g/mol. The first kappa shape index (κ1) is 16.5. The van der Waals surface area contributed by atoms with Gasteiger partial charge in [-0.15, -0.1) is 0 Å². The van der Waals surface area contributed by atoms with E-state index in [-0.39, 0.29) is 12.0 Å². The molecule has 0 bridgehead atoms. The number of hydrogen-bond acceptors (Lipinski definition) is 3. The first-order chi connectivity index (χ1) is 9.34. The van der Waals surface area contributed by atoms with E-state index in [0.717, 1.165) is 0 Å². The maximum Gasteiger partial charge on any atom is 0.313 e. The Morgan fingerprint density at radius 1 is 1.30 bits per heavy atom. The molecule has 0 aliphatic heterocycles. The number of carbonyl (C=O) groups excluding carboxylic acids is 2. The Kier molecular flexibility index (Phi) is 5.98. The highest BCUT2D eigenvalue weighted by atomic mass is 35.5. The SMILES string of the molecule is CC(C)(CCO)CNC(=O)C(=O)Nc1cccc(Cl)c1. The van der Waals surface area contributed by atoms with Crippen LogP contribution in [0.25, 0.3) is 0 Å². The number of aliphatic hydroxyl groups excluding tert-OH is 1. The standard InChI is InChI=1S/C14H19ClN2O3/c1-14(2,6-7-18)9-16-12(19)13(20)17-11-5-3-4-10(15)8-11/h3-5,8,18H,6-7,9H2,1-2H3,(H,16,19)(H,17,20). The van der Waals surface area contributed by atoms with Gasteiger partial charge in [-0.1, -0.05) is 31.5 Å². The second kappa shape index (κ2) is 7.26. The van der Waals surface area contributed by atoms with E-state index in [0.29, 0.717) is 23.7 Å². The van der Waals surface area contributed by atoms with Crippen molar-refractivity contribution < 1.29 is 14.7 Å². The summed E-state index contributed by atoms with van der Waals surface area (Å²) in [5, 5.41) is 14.4. The quantitative estimate of drug-likeness (QED) is 0.725. The number of halogens is 1. The van der Waals surface area contributed by atoms with Gasteiger partial charge in [0.1, 0.15) is 0 Å². The summed E-state index contributed by atoms with van der Waals surface area (Å²) < 4.78 is 0. The molecule has 5 nitrogen and oxygen atoms in total. The van der Waals surface area contributed by atoms with Gasteiger partial charge in [0.15, 0.2) is 0 Å². The van der Waals surface area contributed by atoms with Crippen LogP contribution in [0.2, 0.25) is 5.02 Å². The monoisotopic (exact) mass is 298 g/mol. The molecule has 0 aliphatic rings. The second-order valence-electron chi connectivity index (χ2n) is 5.28. The maximum atomic E-state index is 11.7. The van der Waals surface area contributed by atoms with E-state index in [1.807, 2.05) is 13.8 Å². The molecule has 110 valence electrons. The molecule has 1 rings (SSSR count). The summed E-state index contributed by atoms with van der Waals surface area (Å²) in [6, 6.07) is 6.56. The maximum absolute atomic E-state index is 11.7. The van der Waals surface area contributed by atoms with Gasteiger partial charge in [-0.3, -0.25) is 9.59 Å². The molecule has 0 aromatic heterocycles. The molecule has 0 atom stereocenters. The highest BCUT2D eigenvalue weighted by Crippen LogP contribution is 2.18. The molecule has 0 saturated carbocycles. The van der Waals surface area contributed by atoms with Crippen LogP contribution in [0, 0.1) is 5.41 Å². The fourth-order valence-electron chi connectivity index (χ4n) is 1.54. The van der Waals surface area contributed by atoms with Gasteiger partial charge in [0.25, 0.3) is 0 Å². The normalized spacial score (nSPS) is 11.0. The molecule has 2 amide bonds. The predicted molar refractivity (Wildman–Crippen MR) is 78.6 cm³/mol. The Balaban J connectivity index is 2.50. The second-order valence-corrected chi connectivity index (χ2v) is 5.72. The van der Waals surface area contributed by atoms with Crippen molar-refractivity contribution in [2.75, 3.05) is 18.5 Å². The molecule has 3 N–H and O–H groups in total. The summed E-state index contributed by atoms with van der Waals surface area (Å²) in [5.41, 5.74) is 0.202. The Morgan fingerprint density at radius 2 is 2.00 bits per heavy atom. The number of benzene rings is 1. The van der Waals surface area contributed by atoms with Gasteiger partial charge in [0.05, 0.1) is 0 Å². The summed E-state index contributed by atoms with van der Waals surface area (Å²) in [4.78, 5) is 23.3. The lowest BCUT2D eigenvalue weighted by atomic mass is 9.90. The Morgan fingerprint density at radius 3 is 2.60 bits per heavy atom. The smallest absolute Gasteiger partial charge is 0.313 e. The summed E-state index contributed by atoms with van der Waals surface area (Å²) >= 11 is 5.79. The van der Waals surface area contributed by atoms with E-state index in [1.54, 1.807) is 24.3 Å². The van der Waals surface area contributed by atoms with Gasteiger partial charge < -0.3 is 15.7 Å². The zero-order valence-corrected chi connectivity index (χ0v) is 12.3. The van der Waals surface area contributed by atoms with E-state index in [4.69, 9.17) is 16.7 Å². The minimum absolute atomic E-state index is 0.0393. The summed E-state index contributed by atoms with van der Waals surface area (Å²) in [6.45, 7) is 4.16. The summed E-state index contributed by atoms with van der Waals surface area (Å²) in [6.07, 6.45) is 0.545. The third-order valence-corrected chi connectivity index (χ3v) is 3.04. The van der Waals surface area contributed by atoms with Gasteiger partial charge in [0, 0.05) is 23.9 Å². The van der Waals surface area contributed by atoms with E-state index < -0.39 is 11.8 Å². The van der Waals surface area contributed by atoms with E-state index in [9.17, 15) is 9.59 Å². The van der Waals surface area contributed by atoms with Crippen LogP contribution in [0.3, 0.4) is 0 Å². The van der Waals surface area contributed by atoms with Crippen molar-refractivity contribution in [1.29, 1.82) is 0 Å². The van der Waals surface area contributed by atoms with Crippen LogP contribution >= 0.6 is 11.6 Å². The van der Waals surface area contributed by atoms with Gasteiger partial charge in [0.2, 0.25) is 0 Å². The summed E-state index contributed by atoms with van der Waals surface area (Å²) in [7, 11) is 0. The molecule has 1 aromatic rings. The average Bonchev–Trinajstić information content (AvgIpc) is 2.36. The lowest BCUT2D eigenvalue weighted by Gasteiger charge is -2.23. The van der Waals surface area contributed by atoms with Gasteiger partial charge in [-0.25, -0.2) is 0 Å². The van der Waals surface area contributed by atoms with E-state index >= 15 is 0 Å². The molecule has 0 aliphatic carbocycles. The lowest BCUT2D eigenvalue weighted by molar-refractivity contribution is -0.136. The lowest BCUT2D eigenvalue weighted by Crippen LogP contribution is -2.40. The van der Waals surface area contributed by atoms with Crippen LogP contribution in [0.15, 0.2) is 24.3 Å². The molecule has 0 spiro atoms. The molecule has 0 fully saturated rings. The van der Waals surface area contributed by atoms with Crippen LogP contribution in [0.4, 0.5) is 5.69 Å². The van der Waals surface area contributed by atoms with Crippen LogP contribution < -0.4 is 10.6 Å². The van der Waals surface area contributed by atoms with Crippen LogP contribution in [0.5, 0.6) is 0 Å². The topological polar surface area (TPSA) is 78.4 Å². The molecule has 0 heterocycles. The fourth-order valence-corrected chi connectivity index (χ4v) is 1.74. The highest BCUT2D eigenvalue weighted by Gasteiger charge is 2.21. The first-order valence-electron chi connectivity index (χ1n) is 6.30. The zero-order valence-electron chi connectivity index (χ0n) is 11.6. The first-order valence-corrected chi connectivity index (χ1v) is 6.67. The minimum atomic E-state index is -0.743. The molecule has 1 aromatic carbocycles. The number of amides is 2. The van der Waals surface area contributed by atoms with E-state index in [1.165, 1.54) is 0 Å². The predicted octanol–water partition coefficient (Wildman–Crippen LogP) is 1.80.